The summed E-state index contributed by atoms with van der Waals surface area (Å²) in [5.74, 6) is 0.950. The van der Waals surface area contributed by atoms with Crippen LogP contribution < -0.4 is 10.5 Å². The van der Waals surface area contributed by atoms with Crippen molar-refractivity contribution in [1.29, 1.82) is 0 Å². The quantitative estimate of drug-likeness (QED) is 0.887. The van der Waals surface area contributed by atoms with Crippen LogP contribution in [0, 0.1) is 6.92 Å². The van der Waals surface area contributed by atoms with E-state index in [9.17, 15) is 8.42 Å². The molecular weight excluding hydrogens is 304 g/mol. The zero-order valence-electron chi connectivity index (χ0n) is 10.8. The highest BCUT2D eigenvalue weighted by Gasteiger charge is 2.22. The second-order valence-electron chi connectivity index (χ2n) is 4.19. The van der Waals surface area contributed by atoms with E-state index in [1.54, 1.807) is 13.8 Å². The molecule has 1 unspecified atom stereocenters. The van der Waals surface area contributed by atoms with Crippen molar-refractivity contribution >= 4 is 27.4 Å². The summed E-state index contributed by atoms with van der Waals surface area (Å²) in [7, 11) is -3.79. The monoisotopic (exact) mass is 316 g/mol. The zero-order valence-corrected chi connectivity index (χ0v) is 12.4. The Morgan fingerprint density at radius 2 is 2.10 bits per heavy atom. The number of pyridine rings is 1. The number of nitrogens with one attached hydrogen (secondary N) is 1. The maximum absolute atomic E-state index is 12.2. The normalized spacial score (nSPS) is 13.3. The van der Waals surface area contributed by atoms with Crippen LogP contribution in [-0.2, 0) is 10.0 Å². The predicted octanol–water partition coefficient (Wildman–Crippen LogP) is 1.65. The highest BCUT2D eigenvalue weighted by molar-refractivity contribution is 7.89. The molecule has 0 fully saturated rings. The second-order valence-corrected chi connectivity index (χ2v) is 6.31. The number of nitrogen functional groups attached to an aromatic ring is 1. The summed E-state index contributed by atoms with van der Waals surface area (Å²) >= 11 is 5.77. The van der Waals surface area contributed by atoms with Gasteiger partial charge in [0.2, 0.25) is 15.9 Å². The summed E-state index contributed by atoms with van der Waals surface area (Å²) in [5, 5.41) is 0.0764. The van der Waals surface area contributed by atoms with E-state index in [2.05, 4.69) is 14.7 Å². The lowest BCUT2D eigenvalue weighted by Crippen LogP contribution is -2.27. The van der Waals surface area contributed by atoms with Crippen molar-refractivity contribution in [2.24, 2.45) is 0 Å². The summed E-state index contributed by atoms with van der Waals surface area (Å²) in [6, 6.07) is 0.616. The highest BCUT2D eigenvalue weighted by atomic mass is 35.5. The van der Waals surface area contributed by atoms with Crippen LogP contribution in [-0.4, -0.2) is 18.4 Å². The Morgan fingerprint density at radius 1 is 1.40 bits per heavy atom. The fraction of sp³-hybridized carbons (Fsp3) is 0.273. The number of sulfonamides is 1. The SMILES string of the molecule is Cc1cnc(C(C)NS(=O)(=O)c2cnc(N)c(Cl)c2)o1. The van der Waals surface area contributed by atoms with E-state index in [0.29, 0.717) is 5.76 Å². The zero-order chi connectivity index (χ0) is 14.9. The minimum Gasteiger partial charge on any atom is -0.444 e. The third-order valence-electron chi connectivity index (χ3n) is 2.50. The molecule has 0 saturated carbocycles. The molecule has 2 aromatic heterocycles. The van der Waals surface area contributed by atoms with E-state index >= 15 is 0 Å². The van der Waals surface area contributed by atoms with Crippen molar-refractivity contribution in [1.82, 2.24) is 14.7 Å². The number of nitrogens with two attached hydrogens (primary N) is 1. The van der Waals surface area contributed by atoms with Gasteiger partial charge in [0, 0.05) is 6.20 Å². The number of rotatable bonds is 4. The molecule has 1 atom stereocenters. The molecule has 0 bridgehead atoms. The van der Waals surface area contributed by atoms with Gasteiger partial charge in [-0.1, -0.05) is 11.6 Å². The van der Waals surface area contributed by atoms with Crippen LogP contribution >= 0.6 is 11.6 Å². The summed E-state index contributed by atoms with van der Waals surface area (Å²) < 4.78 is 32.0. The Labute approximate surface area is 121 Å². The lowest BCUT2D eigenvalue weighted by atomic mass is 10.4. The molecule has 0 aliphatic carbocycles. The summed E-state index contributed by atoms with van der Waals surface area (Å²) in [6.45, 7) is 3.34. The van der Waals surface area contributed by atoms with Crippen molar-refractivity contribution in [3.8, 4) is 0 Å². The lowest BCUT2D eigenvalue weighted by molar-refractivity contribution is 0.428. The van der Waals surface area contributed by atoms with Crippen molar-refractivity contribution in [2.75, 3.05) is 5.73 Å². The summed E-state index contributed by atoms with van der Waals surface area (Å²) in [6.07, 6.45) is 2.65. The number of hydrogen-bond donors (Lipinski definition) is 2. The highest BCUT2D eigenvalue weighted by Crippen LogP contribution is 2.21. The molecule has 2 heterocycles. The number of hydrogen-bond acceptors (Lipinski definition) is 6. The lowest BCUT2D eigenvalue weighted by Gasteiger charge is -2.11. The maximum atomic E-state index is 12.2. The largest absolute Gasteiger partial charge is 0.444 e. The molecule has 2 aromatic rings. The molecule has 0 spiro atoms. The van der Waals surface area contributed by atoms with E-state index in [0.717, 1.165) is 6.20 Å². The number of nitrogens with zero attached hydrogens (tertiary/aromatic N) is 2. The van der Waals surface area contributed by atoms with E-state index in [4.69, 9.17) is 21.8 Å². The standard InChI is InChI=1S/C11H13ClN4O3S/c1-6-4-15-11(19-6)7(2)16-20(17,18)8-3-9(12)10(13)14-5-8/h3-5,7,16H,1-2H3,(H2,13,14). The fourth-order valence-corrected chi connectivity index (χ4v) is 2.90. The Balaban J connectivity index is 2.24. The third kappa shape index (κ3) is 3.09. The Kier molecular flexibility index (Phi) is 3.98. The number of aryl methyl sites for hydroxylation is 1. The molecule has 2 rings (SSSR count). The van der Waals surface area contributed by atoms with Gasteiger partial charge in [0.25, 0.3) is 0 Å². The van der Waals surface area contributed by atoms with Crippen LogP contribution in [0.15, 0.2) is 27.8 Å². The van der Waals surface area contributed by atoms with E-state index in [1.165, 1.54) is 12.3 Å². The van der Waals surface area contributed by atoms with Gasteiger partial charge >= 0.3 is 0 Å². The molecule has 0 aliphatic rings. The molecule has 0 amide bonds. The average molecular weight is 317 g/mol. The topological polar surface area (TPSA) is 111 Å². The molecule has 108 valence electrons. The number of anilines is 1. The van der Waals surface area contributed by atoms with Crippen LogP contribution in [0.4, 0.5) is 5.82 Å². The van der Waals surface area contributed by atoms with E-state index < -0.39 is 16.1 Å². The van der Waals surface area contributed by atoms with E-state index in [1.807, 2.05) is 0 Å². The van der Waals surface area contributed by atoms with E-state index in [-0.39, 0.29) is 21.6 Å². The number of oxazole rings is 1. The van der Waals surface area contributed by atoms with Gasteiger partial charge in [0.05, 0.1) is 17.3 Å². The molecule has 0 saturated heterocycles. The third-order valence-corrected chi connectivity index (χ3v) is 4.31. The molecule has 3 N–H and O–H groups in total. The molecular formula is C11H13ClN4O3S. The van der Waals surface area contributed by atoms with Crippen LogP contribution in [0.25, 0.3) is 0 Å². The minimum atomic E-state index is -3.79. The predicted molar refractivity (Wildman–Crippen MR) is 73.6 cm³/mol. The smallest absolute Gasteiger partial charge is 0.242 e. The number of halogens is 1. The van der Waals surface area contributed by atoms with Crippen molar-refractivity contribution in [3.05, 3.63) is 35.1 Å². The van der Waals surface area contributed by atoms with Crippen LogP contribution in [0.1, 0.15) is 24.6 Å². The first-order valence-corrected chi connectivity index (χ1v) is 7.51. The molecule has 0 aromatic carbocycles. The Morgan fingerprint density at radius 3 is 2.65 bits per heavy atom. The van der Waals surface area contributed by atoms with Gasteiger partial charge in [-0.2, -0.15) is 4.72 Å². The van der Waals surface area contributed by atoms with Crippen molar-refractivity contribution in [2.45, 2.75) is 24.8 Å². The molecule has 0 radical (unpaired) electrons. The molecule has 7 nitrogen and oxygen atoms in total. The van der Waals surface area contributed by atoms with Gasteiger partial charge in [-0.15, -0.1) is 0 Å². The van der Waals surface area contributed by atoms with Crippen LogP contribution in [0.3, 0.4) is 0 Å². The molecule has 9 heteroatoms. The van der Waals surface area contributed by atoms with Gasteiger partial charge in [-0.05, 0) is 19.9 Å². The minimum absolute atomic E-state index is 0.0713. The summed E-state index contributed by atoms with van der Waals surface area (Å²) in [4.78, 5) is 7.61. The first-order chi connectivity index (χ1) is 9.29. The Bertz CT molecular complexity index is 729. The number of aromatic nitrogens is 2. The first-order valence-electron chi connectivity index (χ1n) is 5.65. The average Bonchev–Trinajstić information content (AvgIpc) is 2.79. The van der Waals surface area contributed by atoms with Crippen molar-refractivity contribution in [3.63, 3.8) is 0 Å². The summed E-state index contributed by atoms with van der Waals surface area (Å²) in [5.41, 5.74) is 5.44. The van der Waals surface area contributed by atoms with Gasteiger partial charge in [-0.3, -0.25) is 0 Å². The van der Waals surface area contributed by atoms with Crippen molar-refractivity contribution < 1.29 is 12.8 Å². The molecule has 20 heavy (non-hydrogen) atoms. The Hall–Kier alpha value is -1.64. The second kappa shape index (κ2) is 5.39. The van der Waals surface area contributed by atoms with Gasteiger partial charge in [0.15, 0.2) is 0 Å². The first kappa shape index (κ1) is 14.8. The van der Waals surface area contributed by atoms with Crippen LogP contribution in [0.5, 0.6) is 0 Å². The van der Waals surface area contributed by atoms with Crippen LogP contribution in [0.2, 0.25) is 5.02 Å². The van der Waals surface area contributed by atoms with Gasteiger partial charge < -0.3 is 10.2 Å². The molecule has 0 aliphatic heterocycles. The van der Waals surface area contributed by atoms with Gasteiger partial charge in [0.1, 0.15) is 16.5 Å². The van der Waals surface area contributed by atoms with Gasteiger partial charge in [-0.25, -0.2) is 18.4 Å². The maximum Gasteiger partial charge on any atom is 0.242 e. The fourth-order valence-electron chi connectivity index (χ4n) is 1.50.